The molecule has 0 fully saturated rings. The van der Waals surface area contributed by atoms with Gasteiger partial charge in [0.1, 0.15) is 0 Å². The van der Waals surface area contributed by atoms with Gasteiger partial charge in [-0.2, -0.15) is 0 Å². The number of anilines is 1. The highest BCUT2D eigenvalue weighted by molar-refractivity contribution is 6.12. The van der Waals surface area contributed by atoms with Crippen molar-refractivity contribution in [2.75, 3.05) is 5.32 Å². The van der Waals surface area contributed by atoms with Crippen molar-refractivity contribution in [2.24, 2.45) is 0 Å². The summed E-state index contributed by atoms with van der Waals surface area (Å²) in [5.74, 6) is -0.131. The van der Waals surface area contributed by atoms with Gasteiger partial charge in [0.15, 0.2) is 0 Å². The summed E-state index contributed by atoms with van der Waals surface area (Å²) in [6, 6.07) is 33.6. The second-order valence-corrected chi connectivity index (χ2v) is 6.92. The van der Waals surface area contributed by atoms with E-state index in [4.69, 9.17) is 4.98 Å². The fourth-order valence-corrected chi connectivity index (χ4v) is 3.64. The molecule has 0 unspecified atom stereocenters. The Balaban J connectivity index is 1.64. The minimum atomic E-state index is -0.131. The molecule has 1 amide bonds. The first-order valence-corrected chi connectivity index (χ1v) is 9.54. The number of rotatable bonds is 3. The second-order valence-electron chi connectivity index (χ2n) is 6.92. The standard InChI is InChI=1S/C26H18N2O/c29-26(19-11-5-2-6-12-19)27-20-15-16-22-21-13-7-8-14-23(21)25(28-24(22)17-20)18-9-3-1-4-10-18/h1-17H,(H,27,29). The summed E-state index contributed by atoms with van der Waals surface area (Å²) in [5, 5.41) is 6.31. The molecule has 3 heteroatoms. The minimum absolute atomic E-state index is 0.131. The SMILES string of the molecule is O=C(Nc1ccc2c(c1)nc(-c1ccccc1)c1ccccc12)c1ccccc1. The van der Waals surface area contributed by atoms with Crippen molar-refractivity contribution in [3.05, 3.63) is 109 Å². The minimum Gasteiger partial charge on any atom is -0.322 e. The first kappa shape index (κ1) is 17.1. The van der Waals surface area contributed by atoms with Crippen molar-refractivity contribution in [3.8, 4) is 11.3 Å². The van der Waals surface area contributed by atoms with Crippen molar-refractivity contribution >= 4 is 33.3 Å². The monoisotopic (exact) mass is 374 g/mol. The lowest BCUT2D eigenvalue weighted by Gasteiger charge is -2.12. The lowest BCUT2D eigenvalue weighted by molar-refractivity contribution is 0.102. The Morgan fingerprint density at radius 2 is 1.31 bits per heavy atom. The topological polar surface area (TPSA) is 42.0 Å². The Bertz CT molecular complexity index is 1330. The molecule has 29 heavy (non-hydrogen) atoms. The van der Waals surface area contributed by atoms with Crippen LogP contribution < -0.4 is 5.32 Å². The fourth-order valence-electron chi connectivity index (χ4n) is 3.64. The molecular formula is C26H18N2O. The zero-order valence-corrected chi connectivity index (χ0v) is 15.7. The Hall–Kier alpha value is -3.98. The van der Waals surface area contributed by atoms with Gasteiger partial charge in [-0.3, -0.25) is 4.79 Å². The summed E-state index contributed by atoms with van der Waals surface area (Å²) < 4.78 is 0. The fraction of sp³-hybridized carbons (Fsp3) is 0. The quantitative estimate of drug-likeness (QED) is 0.376. The van der Waals surface area contributed by atoms with E-state index < -0.39 is 0 Å². The van der Waals surface area contributed by atoms with Gasteiger partial charge in [0.05, 0.1) is 11.2 Å². The maximum absolute atomic E-state index is 12.5. The van der Waals surface area contributed by atoms with Crippen molar-refractivity contribution < 1.29 is 4.79 Å². The Morgan fingerprint density at radius 3 is 2.07 bits per heavy atom. The number of amides is 1. The Kier molecular flexibility index (Phi) is 4.26. The van der Waals surface area contributed by atoms with Crippen LogP contribution in [-0.2, 0) is 0 Å². The van der Waals surface area contributed by atoms with Gasteiger partial charge in [0.2, 0.25) is 0 Å². The number of aromatic nitrogens is 1. The summed E-state index contributed by atoms with van der Waals surface area (Å²) in [5.41, 5.74) is 4.23. The highest BCUT2D eigenvalue weighted by atomic mass is 16.1. The lowest BCUT2D eigenvalue weighted by atomic mass is 10.00. The maximum Gasteiger partial charge on any atom is 0.255 e. The Morgan fingerprint density at radius 1 is 0.655 bits per heavy atom. The molecule has 1 aromatic heterocycles. The van der Waals surface area contributed by atoms with Gasteiger partial charge in [0.25, 0.3) is 5.91 Å². The predicted octanol–water partition coefficient (Wildman–Crippen LogP) is 6.31. The van der Waals surface area contributed by atoms with Gasteiger partial charge in [-0.1, -0.05) is 78.9 Å². The average molecular weight is 374 g/mol. The van der Waals surface area contributed by atoms with Crippen LogP contribution in [0.2, 0.25) is 0 Å². The molecule has 0 aliphatic heterocycles. The number of nitrogens with zero attached hydrogens (tertiary/aromatic N) is 1. The number of hydrogen-bond donors (Lipinski definition) is 1. The van der Waals surface area contributed by atoms with Crippen LogP contribution in [0.3, 0.4) is 0 Å². The molecule has 5 aromatic rings. The number of carbonyl (C=O) groups is 1. The van der Waals surface area contributed by atoms with E-state index in [1.807, 2.05) is 66.7 Å². The lowest BCUT2D eigenvalue weighted by Crippen LogP contribution is -2.11. The zero-order valence-electron chi connectivity index (χ0n) is 15.7. The summed E-state index contributed by atoms with van der Waals surface area (Å²) in [6.07, 6.45) is 0. The van der Waals surface area contributed by atoms with Crippen LogP contribution in [0.4, 0.5) is 5.69 Å². The molecule has 138 valence electrons. The van der Waals surface area contributed by atoms with Crippen LogP contribution in [-0.4, -0.2) is 10.9 Å². The van der Waals surface area contributed by atoms with Crippen molar-refractivity contribution in [2.45, 2.75) is 0 Å². The molecule has 5 rings (SSSR count). The van der Waals surface area contributed by atoms with E-state index in [9.17, 15) is 4.79 Å². The van der Waals surface area contributed by atoms with Crippen LogP contribution in [0.5, 0.6) is 0 Å². The molecule has 0 spiro atoms. The molecule has 0 saturated carbocycles. The van der Waals surface area contributed by atoms with Gasteiger partial charge in [-0.05, 0) is 29.7 Å². The van der Waals surface area contributed by atoms with Gasteiger partial charge in [-0.15, -0.1) is 0 Å². The molecule has 4 aromatic carbocycles. The molecular weight excluding hydrogens is 356 g/mol. The van der Waals surface area contributed by atoms with Gasteiger partial charge in [-0.25, -0.2) is 4.98 Å². The third-order valence-electron chi connectivity index (χ3n) is 5.04. The summed E-state index contributed by atoms with van der Waals surface area (Å²) >= 11 is 0. The third kappa shape index (κ3) is 3.23. The van der Waals surface area contributed by atoms with E-state index in [1.165, 1.54) is 0 Å². The number of benzene rings is 4. The Labute approximate surface area is 168 Å². The average Bonchev–Trinajstić information content (AvgIpc) is 2.79. The van der Waals surface area contributed by atoms with Crippen molar-refractivity contribution in [1.29, 1.82) is 0 Å². The van der Waals surface area contributed by atoms with E-state index >= 15 is 0 Å². The molecule has 0 atom stereocenters. The number of carbonyl (C=O) groups excluding carboxylic acids is 1. The summed E-state index contributed by atoms with van der Waals surface area (Å²) in [4.78, 5) is 17.5. The molecule has 0 bridgehead atoms. The molecule has 0 saturated heterocycles. The van der Waals surface area contributed by atoms with Gasteiger partial charge < -0.3 is 5.32 Å². The molecule has 1 heterocycles. The predicted molar refractivity (Wildman–Crippen MR) is 119 cm³/mol. The number of fused-ring (bicyclic) bond motifs is 3. The van der Waals surface area contributed by atoms with Gasteiger partial charge >= 0.3 is 0 Å². The van der Waals surface area contributed by atoms with E-state index in [-0.39, 0.29) is 5.91 Å². The van der Waals surface area contributed by atoms with Crippen LogP contribution in [0.25, 0.3) is 32.9 Å². The first-order valence-electron chi connectivity index (χ1n) is 9.54. The summed E-state index contributed by atoms with van der Waals surface area (Å²) in [6.45, 7) is 0. The first-order chi connectivity index (χ1) is 14.3. The van der Waals surface area contributed by atoms with E-state index in [0.29, 0.717) is 5.56 Å². The van der Waals surface area contributed by atoms with Crippen LogP contribution in [0, 0.1) is 0 Å². The van der Waals surface area contributed by atoms with E-state index in [2.05, 4.69) is 29.6 Å². The van der Waals surface area contributed by atoms with Crippen LogP contribution >= 0.6 is 0 Å². The number of nitrogens with one attached hydrogen (secondary N) is 1. The zero-order chi connectivity index (χ0) is 19.6. The second kappa shape index (κ2) is 7.21. The van der Waals surface area contributed by atoms with Gasteiger partial charge in [0, 0.05) is 27.6 Å². The summed E-state index contributed by atoms with van der Waals surface area (Å²) in [7, 11) is 0. The molecule has 0 aliphatic carbocycles. The maximum atomic E-state index is 12.5. The van der Waals surface area contributed by atoms with Crippen molar-refractivity contribution in [1.82, 2.24) is 4.98 Å². The van der Waals surface area contributed by atoms with E-state index in [1.54, 1.807) is 12.1 Å². The normalized spacial score (nSPS) is 10.9. The highest BCUT2D eigenvalue weighted by Crippen LogP contribution is 2.33. The number of hydrogen-bond acceptors (Lipinski definition) is 2. The molecule has 1 N–H and O–H groups in total. The highest BCUT2D eigenvalue weighted by Gasteiger charge is 2.11. The molecule has 3 nitrogen and oxygen atoms in total. The smallest absolute Gasteiger partial charge is 0.255 e. The van der Waals surface area contributed by atoms with Crippen molar-refractivity contribution in [3.63, 3.8) is 0 Å². The molecule has 0 radical (unpaired) electrons. The number of pyridine rings is 1. The largest absolute Gasteiger partial charge is 0.322 e. The van der Waals surface area contributed by atoms with E-state index in [0.717, 1.165) is 38.6 Å². The van der Waals surface area contributed by atoms with Crippen LogP contribution in [0.1, 0.15) is 10.4 Å². The van der Waals surface area contributed by atoms with Crippen LogP contribution in [0.15, 0.2) is 103 Å². The third-order valence-corrected chi connectivity index (χ3v) is 5.04. The molecule has 0 aliphatic rings.